The Morgan fingerprint density at radius 2 is 1.86 bits per heavy atom. The molecule has 1 amide bonds. The first-order valence-corrected chi connectivity index (χ1v) is 13.6. The molecule has 6 heteroatoms. The number of hydrogen-bond donors (Lipinski definition) is 1. The maximum Gasteiger partial charge on any atom is 0.258 e. The van der Waals surface area contributed by atoms with E-state index in [-0.39, 0.29) is 23.9 Å². The Hall–Kier alpha value is -2.21. The maximum absolute atomic E-state index is 13.8. The Morgan fingerprint density at radius 1 is 1.11 bits per heavy atom. The normalized spacial score (nSPS) is 25.9. The number of nitrogens with zero attached hydrogens (tertiary/aromatic N) is 2. The van der Waals surface area contributed by atoms with Gasteiger partial charge in [-0.05, 0) is 55.2 Å². The summed E-state index contributed by atoms with van der Waals surface area (Å²) in [4.78, 5) is 28.6. The third-order valence-corrected chi connectivity index (χ3v) is 9.35. The first kappa shape index (κ1) is 24.5. The lowest BCUT2D eigenvalue weighted by Crippen LogP contribution is -2.62. The van der Waals surface area contributed by atoms with Crippen molar-refractivity contribution in [2.75, 3.05) is 13.1 Å². The zero-order chi connectivity index (χ0) is 24.6. The van der Waals surface area contributed by atoms with E-state index < -0.39 is 16.8 Å². The van der Waals surface area contributed by atoms with Gasteiger partial charge in [-0.25, -0.2) is 4.39 Å². The highest BCUT2D eigenvalue weighted by molar-refractivity contribution is 5.81. The van der Waals surface area contributed by atoms with E-state index in [2.05, 4.69) is 6.92 Å². The Kier molecular flexibility index (Phi) is 6.77. The molecule has 2 aromatic rings. The number of hydrogen-bond acceptors (Lipinski definition) is 3. The number of carbonyl (C=O) groups is 1. The van der Waals surface area contributed by atoms with Gasteiger partial charge < -0.3 is 14.6 Å². The summed E-state index contributed by atoms with van der Waals surface area (Å²) in [6.45, 7) is 3.34. The lowest BCUT2D eigenvalue weighted by molar-refractivity contribution is -0.163. The average molecular weight is 483 g/mol. The number of amides is 1. The van der Waals surface area contributed by atoms with Crippen molar-refractivity contribution < 1.29 is 14.3 Å². The number of aliphatic hydroxyl groups is 1. The predicted molar refractivity (Wildman–Crippen MR) is 136 cm³/mol. The SMILES string of the molecule is C[C@H](CC1CCCCC1)C(=O)N1CCC(O)(Cn2ccc3ccc(F)cc3c2=O)C2(CCCC2)C1. The summed E-state index contributed by atoms with van der Waals surface area (Å²) in [7, 11) is 0. The van der Waals surface area contributed by atoms with Gasteiger partial charge in [0, 0.05) is 30.6 Å². The van der Waals surface area contributed by atoms with E-state index in [0.29, 0.717) is 36.2 Å². The third-order valence-electron chi connectivity index (χ3n) is 9.35. The molecular weight excluding hydrogens is 443 g/mol. The largest absolute Gasteiger partial charge is 0.387 e. The fourth-order valence-corrected chi connectivity index (χ4v) is 7.28. The number of carbonyl (C=O) groups excluding carboxylic acids is 1. The fourth-order valence-electron chi connectivity index (χ4n) is 7.28. The fraction of sp³-hybridized carbons (Fsp3) is 0.655. The Balaban J connectivity index is 1.35. The molecule has 3 aliphatic rings. The van der Waals surface area contributed by atoms with E-state index in [1.807, 2.05) is 11.0 Å². The van der Waals surface area contributed by atoms with Crippen LogP contribution in [0.2, 0.25) is 0 Å². The van der Waals surface area contributed by atoms with Crippen molar-refractivity contribution in [3.05, 3.63) is 46.6 Å². The molecule has 1 aliphatic heterocycles. The highest BCUT2D eigenvalue weighted by Crippen LogP contribution is 2.51. The third kappa shape index (κ3) is 4.66. The first-order chi connectivity index (χ1) is 16.8. The van der Waals surface area contributed by atoms with Crippen LogP contribution in [0.15, 0.2) is 35.3 Å². The smallest absolute Gasteiger partial charge is 0.258 e. The molecule has 0 radical (unpaired) electrons. The van der Waals surface area contributed by atoms with Crippen molar-refractivity contribution in [3.8, 4) is 0 Å². The van der Waals surface area contributed by atoms with Crippen LogP contribution in [0.4, 0.5) is 4.39 Å². The molecule has 190 valence electrons. The predicted octanol–water partition coefficient (Wildman–Crippen LogP) is 5.27. The highest BCUT2D eigenvalue weighted by Gasteiger charge is 2.55. The minimum Gasteiger partial charge on any atom is -0.387 e. The van der Waals surface area contributed by atoms with Gasteiger partial charge in [0.05, 0.1) is 17.5 Å². The van der Waals surface area contributed by atoms with Crippen LogP contribution in [0.5, 0.6) is 0 Å². The lowest BCUT2D eigenvalue weighted by Gasteiger charge is -2.53. The summed E-state index contributed by atoms with van der Waals surface area (Å²) < 4.78 is 15.4. The van der Waals surface area contributed by atoms with Crippen LogP contribution < -0.4 is 5.56 Å². The van der Waals surface area contributed by atoms with Gasteiger partial charge >= 0.3 is 0 Å². The van der Waals surface area contributed by atoms with Gasteiger partial charge in [0.2, 0.25) is 5.91 Å². The number of benzene rings is 1. The van der Waals surface area contributed by atoms with Crippen LogP contribution in [0.3, 0.4) is 0 Å². The molecule has 2 aliphatic carbocycles. The quantitative estimate of drug-likeness (QED) is 0.631. The van der Waals surface area contributed by atoms with Crippen LogP contribution in [0, 0.1) is 23.1 Å². The van der Waals surface area contributed by atoms with Crippen molar-refractivity contribution in [1.82, 2.24) is 9.47 Å². The van der Waals surface area contributed by atoms with Crippen LogP contribution in [-0.4, -0.2) is 39.2 Å². The number of halogens is 1. The Bertz CT molecular complexity index is 1130. The summed E-state index contributed by atoms with van der Waals surface area (Å²) in [6.07, 6.45) is 13.3. The molecule has 1 saturated heterocycles. The van der Waals surface area contributed by atoms with Crippen LogP contribution in [0.1, 0.15) is 77.6 Å². The molecule has 1 N–H and O–H groups in total. The van der Waals surface area contributed by atoms with Gasteiger partial charge in [-0.3, -0.25) is 9.59 Å². The molecule has 0 bridgehead atoms. The minimum absolute atomic E-state index is 0.0146. The molecule has 2 heterocycles. The van der Waals surface area contributed by atoms with Crippen molar-refractivity contribution in [3.63, 3.8) is 0 Å². The van der Waals surface area contributed by atoms with Gasteiger partial charge in [0.15, 0.2) is 0 Å². The van der Waals surface area contributed by atoms with E-state index in [1.165, 1.54) is 44.2 Å². The van der Waals surface area contributed by atoms with E-state index in [4.69, 9.17) is 0 Å². The zero-order valence-electron chi connectivity index (χ0n) is 21.0. The molecule has 1 spiro atoms. The molecule has 5 rings (SSSR count). The van der Waals surface area contributed by atoms with Crippen molar-refractivity contribution in [2.45, 2.75) is 89.7 Å². The summed E-state index contributed by atoms with van der Waals surface area (Å²) in [5, 5.41) is 13.1. The summed E-state index contributed by atoms with van der Waals surface area (Å²) in [6, 6.07) is 6.06. The van der Waals surface area contributed by atoms with Gasteiger partial charge in [-0.1, -0.05) is 57.9 Å². The monoisotopic (exact) mass is 482 g/mol. The second-order valence-corrected chi connectivity index (χ2v) is 11.6. The molecule has 1 aromatic heterocycles. The number of aromatic nitrogens is 1. The van der Waals surface area contributed by atoms with Gasteiger partial charge in [0.25, 0.3) is 5.56 Å². The van der Waals surface area contributed by atoms with E-state index >= 15 is 0 Å². The van der Waals surface area contributed by atoms with E-state index in [1.54, 1.807) is 16.8 Å². The van der Waals surface area contributed by atoms with Gasteiger partial charge in [-0.2, -0.15) is 0 Å². The molecule has 5 nitrogen and oxygen atoms in total. The number of piperidine rings is 1. The van der Waals surface area contributed by atoms with Crippen molar-refractivity contribution in [2.24, 2.45) is 17.3 Å². The minimum atomic E-state index is -1.07. The summed E-state index contributed by atoms with van der Waals surface area (Å²) in [5.41, 5.74) is -1.75. The van der Waals surface area contributed by atoms with Gasteiger partial charge in [-0.15, -0.1) is 0 Å². The molecule has 1 unspecified atom stereocenters. The molecule has 35 heavy (non-hydrogen) atoms. The van der Waals surface area contributed by atoms with E-state index in [0.717, 1.165) is 32.1 Å². The summed E-state index contributed by atoms with van der Waals surface area (Å²) >= 11 is 0. The van der Waals surface area contributed by atoms with Crippen LogP contribution in [-0.2, 0) is 11.3 Å². The van der Waals surface area contributed by atoms with Crippen LogP contribution in [0.25, 0.3) is 10.8 Å². The van der Waals surface area contributed by atoms with E-state index in [9.17, 15) is 19.1 Å². The lowest BCUT2D eigenvalue weighted by atomic mass is 9.65. The maximum atomic E-state index is 13.8. The highest BCUT2D eigenvalue weighted by atomic mass is 19.1. The van der Waals surface area contributed by atoms with Crippen LogP contribution >= 0.6 is 0 Å². The average Bonchev–Trinajstić information content (AvgIpc) is 3.33. The molecule has 3 fully saturated rings. The molecule has 1 aromatic carbocycles. The second-order valence-electron chi connectivity index (χ2n) is 11.6. The topological polar surface area (TPSA) is 62.5 Å². The van der Waals surface area contributed by atoms with Gasteiger partial charge in [0.1, 0.15) is 5.82 Å². The number of rotatable bonds is 5. The Morgan fingerprint density at radius 3 is 2.60 bits per heavy atom. The number of pyridine rings is 1. The second kappa shape index (κ2) is 9.68. The first-order valence-electron chi connectivity index (χ1n) is 13.6. The number of fused-ring (bicyclic) bond motifs is 1. The van der Waals surface area contributed by atoms with Crippen molar-refractivity contribution in [1.29, 1.82) is 0 Å². The Labute approximate surface area is 207 Å². The number of likely N-dealkylation sites (tertiary alicyclic amines) is 1. The zero-order valence-corrected chi connectivity index (χ0v) is 21.0. The standard InChI is InChI=1S/C29H39FN2O3/c1-21(17-22-7-3-2-4-8-22)26(33)32-16-14-29(35,28(19-32)12-5-6-13-28)20-31-15-11-23-9-10-24(30)18-25(23)27(31)34/h9-11,15,18,21-22,35H,2-8,12-14,16-17,19-20H2,1H3/t21-,29?/m1/s1. The molecular formula is C29H39FN2O3. The van der Waals surface area contributed by atoms with Crippen molar-refractivity contribution >= 4 is 16.7 Å². The molecule has 2 saturated carbocycles. The summed E-state index contributed by atoms with van der Waals surface area (Å²) in [5.74, 6) is 0.463. The molecule has 2 atom stereocenters.